The van der Waals surface area contributed by atoms with E-state index in [9.17, 15) is 4.79 Å². The molecule has 1 aromatic carbocycles. The van der Waals surface area contributed by atoms with Crippen LogP contribution in [0, 0.1) is 0 Å². The number of hydrogen-bond acceptors (Lipinski definition) is 1. The number of halogens is 1. The zero-order valence-corrected chi connectivity index (χ0v) is 8.21. The van der Waals surface area contributed by atoms with Gasteiger partial charge in [0, 0.05) is 5.02 Å². The molecule has 0 aliphatic carbocycles. The first-order valence-electron chi connectivity index (χ1n) is 4.10. The van der Waals surface area contributed by atoms with Gasteiger partial charge in [0.15, 0.2) is 5.78 Å². The van der Waals surface area contributed by atoms with Gasteiger partial charge in [0.05, 0.1) is 0 Å². The summed E-state index contributed by atoms with van der Waals surface area (Å²) in [5.41, 5.74) is 1.15. The van der Waals surface area contributed by atoms with Gasteiger partial charge in [0.2, 0.25) is 0 Å². The standard InChI is InChI=1S/C11H11ClO/c1-9(13)3-2-4-10-5-7-11(12)8-6-10/h2-3,5-8H,4H2,1H3. The van der Waals surface area contributed by atoms with Crippen molar-refractivity contribution in [1.29, 1.82) is 0 Å². The van der Waals surface area contributed by atoms with E-state index in [1.54, 1.807) is 13.0 Å². The van der Waals surface area contributed by atoms with Gasteiger partial charge < -0.3 is 0 Å². The van der Waals surface area contributed by atoms with Crippen molar-refractivity contribution in [2.45, 2.75) is 13.3 Å². The molecule has 0 saturated heterocycles. The summed E-state index contributed by atoms with van der Waals surface area (Å²) < 4.78 is 0. The SMILES string of the molecule is CC(=O)C=CCc1ccc(Cl)cc1. The molecule has 68 valence electrons. The lowest BCUT2D eigenvalue weighted by Gasteiger charge is -1.95. The predicted octanol–water partition coefficient (Wildman–Crippen LogP) is 3.03. The summed E-state index contributed by atoms with van der Waals surface area (Å²) in [6.45, 7) is 1.54. The molecular weight excluding hydrogens is 184 g/mol. The minimum atomic E-state index is 0.0777. The van der Waals surface area contributed by atoms with Crippen molar-refractivity contribution < 1.29 is 4.79 Å². The average Bonchev–Trinajstić information content (AvgIpc) is 2.08. The van der Waals surface area contributed by atoms with E-state index in [1.165, 1.54) is 0 Å². The summed E-state index contributed by atoms with van der Waals surface area (Å²) in [5, 5.41) is 0.735. The van der Waals surface area contributed by atoms with Crippen molar-refractivity contribution >= 4 is 17.4 Å². The Labute approximate surface area is 83.0 Å². The lowest BCUT2D eigenvalue weighted by atomic mass is 10.1. The van der Waals surface area contributed by atoms with Gasteiger partial charge in [-0.05, 0) is 37.1 Å². The molecule has 0 aliphatic heterocycles. The van der Waals surface area contributed by atoms with Crippen molar-refractivity contribution in [3.63, 3.8) is 0 Å². The second kappa shape index (κ2) is 4.83. The summed E-state index contributed by atoms with van der Waals surface area (Å²) in [6, 6.07) is 7.59. The fourth-order valence-electron chi connectivity index (χ4n) is 0.981. The highest BCUT2D eigenvalue weighted by Gasteiger charge is 1.89. The summed E-state index contributed by atoms with van der Waals surface area (Å²) in [4.78, 5) is 10.6. The molecule has 0 aliphatic rings. The van der Waals surface area contributed by atoms with E-state index in [2.05, 4.69) is 0 Å². The van der Waals surface area contributed by atoms with Crippen molar-refractivity contribution in [2.24, 2.45) is 0 Å². The smallest absolute Gasteiger partial charge is 0.152 e. The fourth-order valence-corrected chi connectivity index (χ4v) is 1.11. The number of carbonyl (C=O) groups excluding carboxylic acids is 1. The van der Waals surface area contributed by atoms with Crippen molar-refractivity contribution in [2.75, 3.05) is 0 Å². The van der Waals surface area contributed by atoms with E-state index >= 15 is 0 Å². The van der Waals surface area contributed by atoms with E-state index in [-0.39, 0.29) is 5.78 Å². The lowest BCUT2D eigenvalue weighted by Crippen LogP contribution is -1.83. The number of rotatable bonds is 3. The normalized spacial score (nSPS) is 10.6. The van der Waals surface area contributed by atoms with Gasteiger partial charge in [0.25, 0.3) is 0 Å². The summed E-state index contributed by atoms with van der Waals surface area (Å²) >= 11 is 5.72. The Balaban J connectivity index is 2.55. The van der Waals surface area contributed by atoms with Gasteiger partial charge in [-0.3, -0.25) is 4.79 Å². The number of benzene rings is 1. The topological polar surface area (TPSA) is 17.1 Å². The second-order valence-corrected chi connectivity index (χ2v) is 3.28. The molecule has 0 bridgehead atoms. The maximum Gasteiger partial charge on any atom is 0.152 e. The molecule has 1 aromatic rings. The monoisotopic (exact) mass is 194 g/mol. The third-order valence-electron chi connectivity index (χ3n) is 1.62. The Morgan fingerprint density at radius 2 is 2.00 bits per heavy atom. The van der Waals surface area contributed by atoms with E-state index < -0.39 is 0 Å². The van der Waals surface area contributed by atoms with Crippen LogP contribution in [-0.4, -0.2) is 5.78 Å². The van der Waals surface area contributed by atoms with Crippen LogP contribution in [0.5, 0.6) is 0 Å². The first-order chi connectivity index (χ1) is 6.18. The molecule has 0 heterocycles. The van der Waals surface area contributed by atoms with Gasteiger partial charge in [-0.1, -0.05) is 29.8 Å². The average molecular weight is 195 g/mol. The van der Waals surface area contributed by atoms with Crippen molar-refractivity contribution in [3.8, 4) is 0 Å². The maximum absolute atomic E-state index is 10.6. The van der Waals surface area contributed by atoms with Crippen LogP contribution in [0.25, 0.3) is 0 Å². The largest absolute Gasteiger partial charge is 0.295 e. The highest BCUT2D eigenvalue weighted by Crippen LogP contribution is 2.09. The third kappa shape index (κ3) is 3.90. The zero-order valence-electron chi connectivity index (χ0n) is 7.46. The molecular formula is C11H11ClO. The molecule has 0 radical (unpaired) electrons. The summed E-state index contributed by atoms with van der Waals surface area (Å²) in [5.74, 6) is 0.0777. The van der Waals surface area contributed by atoms with Crippen LogP contribution in [-0.2, 0) is 11.2 Å². The summed E-state index contributed by atoms with van der Waals surface area (Å²) in [7, 11) is 0. The number of hydrogen-bond donors (Lipinski definition) is 0. The quantitative estimate of drug-likeness (QED) is 0.676. The summed E-state index contributed by atoms with van der Waals surface area (Å²) in [6.07, 6.45) is 4.21. The molecule has 1 rings (SSSR count). The van der Waals surface area contributed by atoms with Crippen LogP contribution in [0.4, 0.5) is 0 Å². The van der Waals surface area contributed by atoms with E-state index in [4.69, 9.17) is 11.6 Å². The molecule has 0 fully saturated rings. The van der Waals surface area contributed by atoms with Crippen LogP contribution in [0.3, 0.4) is 0 Å². The van der Waals surface area contributed by atoms with Crippen molar-refractivity contribution in [1.82, 2.24) is 0 Å². The molecule has 0 N–H and O–H groups in total. The number of allylic oxidation sites excluding steroid dienone is 2. The number of ketones is 1. The predicted molar refractivity (Wildman–Crippen MR) is 55.0 cm³/mol. The van der Waals surface area contributed by atoms with Crippen LogP contribution in [0.1, 0.15) is 12.5 Å². The van der Waals surface area contributed by atoms with E-state index in [0.717, 1.165) is 17.0 Å². The van der Waals surface area contributed by atoms with Crippen molar-refractivity contribution in [3.05, 3.63) is 47.0 Å². The fraction of sp³-hybridized carbons (Fsp3) is 0.182. The molecule has 1 nitrogen and oxygen atoms in total. The molecule has 0 spiro atoms. The molecule has 13 heavy (non-hydrogen) atoms. The highest BCUT2D eigenvalue weighted by atomic mass is 35.5. The van der Waals surface area contributed by atoms with Gasteiger partial charge in [-0.15, -0.1) is 0 Å². The van der Waals surface area contributed by atoms with E-state index in [1.807, 2.05) is 30.3 Å². The minimum Gasteiger partial charge on any atom is -0.295 e. The molecule has 0 saturated carbocycles. The first-order valence-corrected chi connectivity index (χ1v) is 4.48. The molecule has 0 amide bonds. The Morgan fingerprint density at radius 1 is 1.38 bits per heavy atom. The number of carbonyl (C=O) groups is 1. The molecule has 0 unspecified atom stereocenters. The van der Waals surface area contributed by atoms with Gasteiger partial charge >= 0.3 is 0 Å². The van der Waals surface area contributed by atoms with Crippen LogP contribution in [0.15, 0.2) is 36.4 Å². The van der Waals surface area contributed by atoms with Gasteiger partial charge in [0.1, 0.15) is 0 Å². The second-order valence-electron chi connectivity index (χ2n) is 2.84. The van der Waals surface area contributed by atoms with Crippen LogP contribution < -0.4 is 0 Å². The highest BCUT2D eigenvalue weighted by molar-refractivity contribution is 6.30. The zero-order chi connectivity index (χ0) is 9.68. The molecule has 0 atom stereocenters. The molecule has 0 aromatic heterocycles. The Kier molecular flexibility index (Phi) is 3.71. The Hall–Kier alpha value is -1.08. The minimum absolute atomic E-state index is 0.0777. The van der Waals surface area contributed by atoms with Crippen LogP contribution in [0.2, 0.25) is 5.02 Å². The third-order valence-corrected chi connectivity index (χ3v) is 1.87. The van der Waals surface area contributed by atoms with E-state index in [0.29, 0.717) is 0 Å². The molecule has 2 heteroatoms. The van der Waals surface area contributed by atoms with Gasteiger partial charge in [-0.2, -0.15) is 0 Å². The van der Waals surface area contributed by atoms with Crippen LogP contribution >= 0.6 is 11.6 Å². The Morgan fingerprint density at radius 3 is 2.54 bits per heavy atom. The first kappa shape index (κ1) is 10.0. The lowest BCUT2D eigenvalue weighted by molar-refractivity contribution is -0.112. The Bertz CT molecular complexity index is 311. The van der Waals surface area contributed by atoms with Gasteiger partial charge in [-0.25, -0.2) is 0 Å². The maximum atomic E-state index is 10.6.